The molecule has 3 heterocycles. The Morgan fingerprint density at radius 3 is 2.66 bits per heavy atom. The molecule has 2 aromatic heterocycles. The highest BCUT2D eigenvalue weighted by atomic mass is 35.5. The molecule has 0 saturated heterocycles. The Morgan fingerprint density at radius 2 is 1.88 bits per heavy atom. The van der Waals surface area contributed by atoms with Crippen LogP contribution in [0.1, 0.15) is 35.7 Å². The van der Waals surface area contributed by atoms with Gasteiger partial charge in [0.15, 0.2) is 0 Å². The number of carbonyl (C=O) groups is 3. The minimum atomic E-state index is -0.700. The van der Waals surface area contributed by atoms with Gasteiger partial charge in [-0.3, -0.25) is 4.79 Å². The van der Waals surface area contributed by atoms with Crippen LogP contribution in [0.4, 0.5) is 0 Å². The average molecular weight is 450 g/mol. The van der Waals surface area contributed by atoms with E-state index in [2.05, 4.69) is 4.40 Å². The molecule has 162 valence electrons. The summed E-state index contributed by atoms with van der Waals surface area (Å²) in [6.45, 7) is 1.72. The normalized spacial score (nSPS) is 18.1. The maximum atomic E-state index is 13.0. The first-order valence-electron chi connectivity index (χ1n) is 10.5. The van der Waals surface area contributed by atoms with E-state index in [1.54, 1.807) is 24.3 Å². The molecule has 6 nitrogen and oxygen atoms in total. The van der Waals surface area contributed by atoms with Gasteiger partial charge in [0.25, 0.3) is 0 Å². The second kappa shape index (κ2) is 7.95. The van der Waals surface area contributed by atoms with Gasteiger partial charge in [-0.1, -0.05) is 35.9 Å². The van der Waals surface area contributed by atoms with Crippen molar-refractivity contribution in [3.8, 4) is 0 Å². The molecule has 7 heteroatoms. The second-order valence-electron chi connectivity index (χ2n) is 8.07. The molecule has 0 radical (unpaired) electrons. The fraction of sp³-hybridized carbons (Fsp3) is 0.240. The lowest BCUT2D eigenvalue weighted by Gasteiger charge is -2.23. The van der Waals surface area contributed by atoms with E-state index in [0.717, 1.165) is 29.6 Å². The Morgan fingerprint density at radius 1 is 1.12 bits per heavy atom. The highest BCUT2D eigenvalue weighted by Crippen LogP contribution is 2.43. The smallest absolute Gasteiger partial charge is 0.347 e. The fourth-order valence-corrected chi connectivity index (χ4v) is 4.96. The van der Waals surface area contributed by atoms with E-state index in [1.807, 2.05) is 24.4 Å². The van der Waals surface area contributed by atoms with Gasteiger partial charge >= 0.3 is 17.9 Å². The number of cyclic esters (lactones) is 2. The first kappa shape index (κ1) is 20.5. The van der Waals surface area contributed by atoms with E-state index in [-0.39, 0.29) is 23.0 Å². The Kier molecular flexibility index (Phi) is 5.10. The number of rotatable bonds is 4. The highest BCUT2D eigenvalue weighted by Gasteiger charge is 2.40. The van der Waals surface area contributed by atoms with Crippen LogP contribution < -0.4 is 0 Å². The quantitative estimate of drug-likeness (QED) is 0.439. The summed E-state index contributed by atoms with van der Waals surface area (Å²) >= 11 is 6.39. The van der Waals surface area contributed by atoms with Gasteiger partial charge in [-0.25, -0.2) is 9.59 Å². The van der Waals surface area contributed by atoms with Gasteiger partial charge in [0, 0.05) is 35.0 Å². The number of esters is 3. The van der Waals surface area contributed by atoms with Crippen molar-refractivity contribution in [2.45, 2.75) is 26.2 Å². The van der Waals surface area contributed by atoms with Crippen LogP contribution in [-0.2, 0) is 36.7 Å². The SMILES string of the molecule is CC(=O)OCC1CCc2c(c(C3=C(c4ccccc4Cl)C(=O)OC3=O)c3ccccn23)C1. The molecular weight excluding hydrogens is 430 g/mol. The number of benzene rings is 1. The third-order valence-corrected chi connectivity index (χ3v) is 6.43. The minimum Gasteiger partial charge on any atom is -0.466 e. The lowest BCUT2D eigenvalue weighted by molar-refractivity contribution is -0.149. The minimum absolute atomic E-state index is 0.125. The summed E-state index contributed by atoms with van der Waals surface area (Å²) in [5, 5.41) is 0.372. The molecule has 1 aliphatic carbocycles. The number of ether oxygens (including phenoxy) is 2. The van der Waals surface area contributed by atoms with Gasteiger partial charge in [0.1, 0.15) is 0 Å². The third kappa shape index (κ3) is 3.31. The van der Waals surface area contributed by atoms with Crippen LogP contribution in [-0.4, -0.2) is 28.9 Å². The topological polar surface area (TPSA) is 74.1 Å². The standard InChI is InChI=1S/C25H20ClNO5/c1-14(28)31-13-15-9-10-19-17(12-15)21(20-8-4-5-11-27(19)20)23-22(24(29)32-25(23)30)16-6-2-3-7-18(16)26/h2-8,11,15H,9-10,12-13H2,1H3. The zero-order valence-electron chi connectivity index (χ0n) is 17.4. The first-order valence-corrected chi connectivity index (χ1v) is 10.8. The fourth-order valence-electron chi connectivity index (χ4n) is 4.73. The van der Waals surface area contributed by atoms with Crippen molar-refractivity contribution in [3.05, 3.63) is 76.1 Å². The number of hydrogen-bond donors (Lipinski definition) is 0. The van der Waals surface area contributed by atoms with Gasteiger partial charge < -0.3 is 13.9 Å². The van der Waals surface area contributed by atoms with Crippen molar-refractivity contribution in [1.29, 1.82) is 0 Å². The summed E-state index contributed by atoms with van der Waals surface area (Å²) in [5.74, 6) is -1.56. The Bertz CT molecular complexity index is 1320. The van der Waals surface area contributed by atoms with Gasteiger partial charge in [-0.15, -0.1) is 0 Å². The zero-order valence-corrected chi connectivity index (χ0v) is 18.1. The maximum Gasteiger partial charge on any atom is 0.347 e. The number of nitrogens with zero attached hydrogens (tertiary/aromatic N) is 1. The number of halogens is 1. The van der Waals surface area contributed by atoms with Gasteiger partial charge in [-0.2, -0.15) is 0 Å². The van der Waals surface area contributed by atoms with Crippen LogP contribution in [0, 0.1) is 5.92 Å². The van der Waals surface area contributed by atoms with E-state index in [4.69, 9.17) is 21.1 Å². The van der Waals surface area contributed by atoms with E-state index < -0.39 is 11.9 Å². The van der Waals surface area contributed by atoms with E-state index in [9.17, 15) is 14.4 Å². The maximum absolute atomic E-state index is 13.0. The van der Waals surface area contributed by atoms with Gasteiger partial charge in [0.05, 0.1) is 23.3 Å². The van der Waals surface area contributed by atoms with Gasteiger partial charge in [-0.05, 0) is 48.9 Å². The molecule has 32 heavy (non-hydrogen) atoms. The Labute approximate surface area is 189 Å². The number of aromatic nitrogens is 1. The average Bonchev–Trinajstić information content (AvgIpc) is 3.25. The molecule has 1 unspecified atom stereocenters. The van der Waals surface area contributed by atoms with Crippen LogP contribution in [0.2, 0.25) is 5.02 Å². The predicted octanol–water partition coefficient (Wildman–Crippen LogP) is 4.25. The van der Waals surface area contributed by atoms with Crippen molar-refractivity contribution in [2.24, 2.45) is 5.92 Å². The number of pyridine rings is 1. The monoisotopic (exact) mass is 449 g/mol. The van der Waals surface area contributed by atoms with Crippen LogP contribution in [0.25, 0.3) is 16.7 Å². The number of carbonyl (C=O) groups excluding carboxylic acids is 3. The molecule has 1 aromatic carbocycles. The second-order valence-corrected chi connectivity index (χ2v) is 8.48. The lowest BCUT2D eigenvalue weighted by atomic mass is 9.83. The Hall–Kier alpha value is -3.38. The molecule has 0 saturated carbocycles. The Balaban J connectivity index is 1.74. The van der Waals surface area contributed by atoms with Gasteiger partial charge in [0.2, 0.25) is 0 Å². The summed E-state index contributed by atoms with van der Waals surface area (Å²) < 4.78 is 12.4. The summed E-state index contributed by atoms with van der Waals surface area (Å²) in [7, 11) is 0. The molecule has 0 amide bonds. The highest BCUT2D eigenvalue weighted by molar-refractivity contribution is 6.47. The number of hydrogen-bond acceptors (Lipinski definition) is 5. The van der Waals surface area contributed by atoms with Crippen LogP contribution in [0.5, 0.6) is 0 Å². The molecule has 5 rings (SSSR count). The van der Waals surface area contributed by atoms with Crippen molar-refractivity contribution >= 4 is 46.2 Å². The first-order chi connectivity index (χ1) is 15.5. The van der Waals surface area contributed by atoms with E-state index >= 15 is 0 Å². The van der Waals surface area contributed by atoms with Crippen LogP contribution in [0.3, 0.4) is 0 Å². The largest absolute Gasteiger partial charge is 0.466 e. The molecule has 2 aliphatic rings. The molecule has 3 aromatic rings. The van der Waals surface area contributed by atoms with Crippen molar-refractivity contribution in [2.75, 3.05) is 6.61 Å². The summed E-state index contributed by atoms with van der Waals surface area (Å²) in [6, 6.07) is 12.7. The summed E-state index contributed by atoms with van der Waals surface area (Å²) in [5.41, 5.74) is 4.48. The van der Waals surface area contributed by atoms with Crippen molar-refractivity contribution < 1.29 is 23.9 Å². The lowest BCUT2D eigenvalue weighted by Crippen LogP contribution is -2.21. The predicted molar refractivity (Wildman–Crippen MR) is 119 cm³/mol. The van der Waals surface area contributed by atoms with E-state index in [0.29, 0.717) is 29.2 Å². The number of aryl methyl sites for hydroxylation is 1. The summed E-state index contributed by atoms with van der Waals surface area (Å²) in [4.78, 5) is 37.1. The van der Waals surface area contributed by atoms with Crippen molar-refractivity contribution in [1.82, 2.24) is 4.40 Å². The molecular formula is C25H20ClNO5. The van der Waals surface area contributed by atoms with E-state index in [1.165, 1.54) is 6.92 Å². The zero-order chi connectivity index (χ0) is 22.4. The molecule has 1 atom stereocenters. The number of fused-ring (bicyclic) bond motifs is 3. The van der Waals surface area contributed by atoms with Crippen molar-refractivity contribution in [3.63, 3.8) is 0 Å². The molecule has 1 aliphatic heterocycles. The van der Waals surface area contributed by atoms with Crippen LogP contribution >= 0.6 is 11.6 Å². The molecule has 0 N–H and O–H groups in total. The molecule has 0 fully saturated rings. The van der Waals surface area contributed by atoms with Crippen LogP contribution in [0.15, 0.2) is 48.7 Å². The molecule has 0 bridgehead atoms. The summed E-state index contributed by atoms with van der Waals surface area (Å²) in [6.07, 6.45) is 4.22. The molecule has 0 spiro atoms. The third-order valence-electron chi connectivity index (χ3n) is 6.10.